The zero-order valence-corrected chi connectivity index (χ0v) is 19.7. The van der Waals surface area contributed by atoms with E-state index in [0.29, 0.717) is 35.2 Å². The summed E-state index contributed by atoms with van der Waals surface area (Å²) in [7, 11) is 13.2. The molecule has 1 aliphatic heterocycles. The van der Waals surface area contributed by atoms with Crippen LogP contribution in [0.3, 0.4) is 0 Å². The molecule has 2 heterocycles. The number of halogens is 1. The summed E-state index contributed by atoms with van der Waals surface area (Å²) < 4.78 is 25.3. The molecule has 0 amide bonds. The van der Waals surface area contributed by atoms with Gasteiger partial charge in [-0.05, 0) is 60.6 Å². The molecule has 1 fully saturated rings. The summed E-state index contributed by atoms with van der Waals surface area (Å²) in [6.07, 6.45) is 3.99. The van der Waals surface area contributed by atoms with Gasteiger partial charge in [0.1, 0.15) is 11.9 Å². The Kier molecular flexibility index (Phi) is 6.07. The molecule has 1 N–H and O–H groups in total. The van der Waals surface area contributed by atoms with Crippen LogP contribution in [0.4, 0.5) is 10.2 Å². The average molecular weight is 470 g/mol. The number of ether oxygens (including phenoxy) is 2. The highest BCUT2D eigenvalue weighted by Crippen LogP contribution is 2.41. The molecule has 2 aliphatic rings. The van der Waals surface area contributed by atoms with Crippen LogP contribution in [-0.2, 0) is 0 Å². The molecule has 1 aromatic heterocycles. The van der Waals surface area contributed by atoms with Gasteiger partial charge in [-0.3, -0.25) is 0 Å². The van der Waals surface area contributed by atoms with Gasteiger partial charge >= 0.3 is 0 Å². The van der Waals surface area contributed by atoms with Crippen molar-refractivity contribution in [3.8, 4) is 39.8 Å². The summed E-state index contributed by atoms with van der Waals surface area (Å²) in [5.74, 6) is 2.16. The van der Waals surface area contributed by atoms with Crippen molar-refractivity contribution in [2.75, 3.05) is 11.9 Å². The maximum atomic E-state index is 14.6. The topological polar surface area (TPSA) is 80.6 Å². The third kappa shape index (κ3) is 4.66. The maximum absolute atomic E-state index is 14.6. The average Bonchev–Trinajstić information content (AvgIpc) is 3.17. The Morgan fingerprint density at radius 2 is 1.83 bits per heavy atom. The van der Waals surface area contributed by atoms with Crippen LogP contribution in [0.1, 0.15) is 32.6 Å². The lowest BCUT2D eigenvalue weighted by molar-refractivity contribution is 0.0833. The second kappa shape index (κ2) is 9.06. The third-order valence-corrected chi connectivity index (χ3v) is 6.88. The Morgan fingerprint density at radius 3 is 2.54 bits per heavy atom. The number of hydrogen-bond acceptors (Lipinski definition) is 7. The second-order valence-electron chi connectivity index (χ2n) is 9.24. The standard InChI is InChI=1S/C25H25B2FN4O3/c1-3-14-4-8-18(28)19(10-14)32(2)23-13-29-24(31-30-23)17-7-5-15(11-20(17)33)16-6-9-21-22(12-16)35-25(26,27)34-21/h5-7,9,11-14,18-19,33H,3-4,8,10H2,1-2H3/t14-,18+,19-/m1/s1. The smallest absolute Gasteiger partial charge is 0.185 e. The van der Waals surface area contributed by atoms with Crippen molar-refractivity contribution in [2.45, 2.75) is 50.4 Å². The van der Waals surface area contributed by atoms with Crippen LogP contribution in [0.5, 0.6) is 17.2 Å². The predicted molar refractivity (Wildman–Crippen MR) is 133 cm³/mol. The van der Waals surface area contributed by atoms with Crippen molar-refractivity contribution in [3.05, 3.63) is 42.6 Å². The monoisotopic (exact) mass is 470 g/mol. The van der Waals surface area contributed by atoms with Gasteiger partial charge in [-0.2, -0.15) is 0 Å². The summed E-state index contributed by atoms with van der Waals surface area (Å²) in [6.45, 7) is 2.14. The SMILES string of the molecule is [B]C1([B])Oc2ccc(-c3ccc(-c4ncc(N(C)[C@@H]5C[C@H](CC)CC[C@@H]5F)nn4)c(O)c3)cc2O1. The van der Waals surface area contributed by atoms with Gasteiger partial charge in [-0.15, -0.1) is 10.2 Å². The minimum absolute atomic E-state index is 0.00282. The van der Waals surface area contributed by atoms with Gasteiger partial charge < -0.3 is 19.5 Å². The molecule has 35 heavy (non-hydrogen) atoms. The van der Waals surface area contributed by atoms with Crippen molar-refractivity contribution in [1.82, 2.24) is 15.2 Å². The highest BCUT2D eigenvalue weighted by Gasteiger charge is 2.33. The van der Waals surface area contributed by atoms with Crippen molar-refractivity contribution < 1.29 is 19.0 Å². The molecule has 7 nitrogen and oxygen atoms in total. The molecule has 1 aliphatic carbocycles. The van der Waals surface area contributed by atoms with E-state index in [2.05, 4.69) is 22.1 Å². The lowest BCUT2D eigenvalue weighted by atomic mass is 9.76. The Bertz CT molecular complexity index is 1230. The fourth-order valence-electron chi connectivity index (χ4n) is 4.81. The van der Waals surface area contributed by atoms with Crippen LogP contribution in [-0.4, -0.2) is 60.8 Å². The van der Waals surface area contributed by atoms with E-state index in [-0.39, 0.29) is 17.6 Å². The third-order valence-electron chi connectivity index (χ3n) is 6.88. The van der Waals surface area contributed by atoms with Gasteiger partial charge in [0, 0.05) is 7.05 Å². The molecule has 3 atom stereocenters. The number of phenolic OH excluding ortho intramolecular Hbond substituents is 1. The molecule has 10 heteroatoms. The maximum Gasteiger partial charge on any atom is 0.185 e. The molecule has 1 saturated carbocycles. The molecule has 2 aromatic carbocycles. The van der Waals surface area contributed by atoms with E-state index in [9.17, 15) is 9.50 Å². The summed E-state index contributed by atoms with van der Waals surface area (Å²) in [5, 5.41) is 19.2. The molecule has 3 aromatic rings. The fraction of sp³-hybridized carbons (Fsp3) is 0.400. The van der Waals surface area contributed by atoms with Gasteiger partial charge in [0.2, 0.25) is 0 Å². The van der Waals surface area contributed by atoms with E-state index in [0.717, 1.165) is 30.4 Å². The highest BCUT2D eigenvalue weighted by molar-refractivity contribution is 6.38. The van der Waals surface area contributed by atoms with E-state index < -0.39 is 11.8 Å². The molecular formula is C25H25B2FN4O3. The number of aromatic hydroxyl groups is 1. The lowest BCUT2D eigenvalue weighted by Crippen LogP contribution is -2.44. The summed E-state index contributed by atoms with van der Waals surface area (Å²) in [4.78, 5) is 6.22. The number of rotatable bonds is 5. The van der Waals surface area contributed by atoms with E-state index in [1.165, 1.54) is 0 Å². The molecule has 5 rings (SSSR count). The van der Waals surface area contributed by atoms with Gasteiger partial charge in [-0.1, -0.05) is 25.5 Å². The highest BCUT2D eigenvalue weighted by atomic mass is 19.1. The molecular weight excluding hydrogens is 445 g/mol. The van der Waals surface area contributed by atoms with Gasteiger partial charge in [-0.25, -0.2) is 9.37 Å². The first-order valence-electron chi connectivity index (χ1n) is 11.7. The minimum atomic E-state index is -1.70. The predicted octanol–water partition coefficient (Wildman–Crippen LogP) is 3.98. The largest absolute Gasteiger partial charge is 0.507 e. The number of aromatic nitrogens is 3. The van der Waals surface area contributed by atoms with E-state index in [1.54, 1.807) is 30.5 Å². The van der Waals surface area contributed by atoms with Crippen molar-refractivity contribution in [3.63, 3.8) is 0 Å². The zero-order valence-electron chi connectivity index (χ0n) is 19.7. The summed E-state index contributed by atoms with van der Waals surface area (Å²) in [5.41, 5.74) is 0.259. The Balaban J connectivity index is 1.34. The number of nitrogens with zero attached hydrogens (tertiary/aromatic N) is 4. The van der Waals surface area contributed by atoms with Gasteiger partial charge in [0.15, 0.2) is 44.4 Å². The molecule has 176 valence electrons. The number of benzene rings is 2. The van der Waals surface area contributed by atoms with Gasteiger partial charge in [0.05, 0.1) is 17.8 Å². The minimum Gasteiger partial charge on any atom is -0.507 e. The first kappa shape index (κ1) is 23.5. The van der Waals surface area contributed by atoms with Crippen LogP contribution in [0.25, 0.3) is 22.5 Å². The first-order valence-corrected chi connectivity index (χ1v) is 11.7. The van der Waals surface area contributed by atoms with E-state index >= 15 is 0 Å². The number of alkyl halides is 1. The van der Waals surface area contributed by atoms with Crippen LogP contribution < -0.4 is 14.4 Å². The summed E-state index contributed by atoms with van der Waals surface area (Å²) >= 11 is 0. The van der Waals surface area contributed by atoms with Crippen LogP contribution in [0, 0.1) is 5.92 Å². The van der Waals surface area contributed by atoms with E-state index in [1.807, 2.05) is 24.1 Å². The fourth-order valence-corrected chi connectivity index (χ4v) is 4.81. The van der Waals surface area contributed by atoms with Crippen LogP contribution >= 0.6 is 0 Å². The van der Waals surface area contributed by atoms with Crippen molar-refractivity contribution >= 4 is 21.5 Å². The Morgan fingerprint density at radius 1 is 1.09 bits per heavy atom. The van der Waals surface area contributed by atoms with Crippen molar-refractivity contribution in [2.24, 2.45) is 5.92 Å². The number of anilines is 1. The number of phenols is 1. The molecule has 0 unspecified atom stereocenters. The summed E-state index contributed by atoms with van der Waals surface area (Å²) in [6, 6.07) is 10.2. The molecule has 0 saturated heterocycles. The number of hydrogen-bond donors (Lipinski definition) is 1. The molecule has 4 radical (unpaired) electrons. The van der Waals surface area contributed by atoms with E-state index in [4.69, 9.17) is 25.2 Å². The van der Waals surface area contributed by atoms with Crippen molar-refractivity contribution in [1.29, 1.82) is 0 Å². The zero-order chi connectivity index (χ0) is 24.7. The molecule has 0 bridgehead atoms. The Hall–Kier alpha value is -3.29. The lowest BCUT2D eigenvalue weighted by Gasteiger charge is -2.37. The van der Waals surface area contributed by atoms with Gasteiger partial charge in [0.25, 0.3) is 0 Å². The van der Waals surface area contributed by atoms with Crippen LogP contribution in [0.15, 0.2) is 42.6 Å². The second-order valence-corrected chi connectivity index (χ2v) is 9.24. The number of fused-ring (bicyclic) bond motifs is 1. The van der Waals surface area contributed by atoms with Crippen LogP contribution in [0.2, 0.25) is 0 Å². The first-order chi connectivity index (χ1) is 16.7. The normalized spacial score (nSPS) is 22.7. The Labute approximate surface area is 206 Å². The molecule has 0 spiro atoms. The quantitative estimate of drug-likeness (QED) is 0.566.